The summed E-state index contributed by atoms with van der Waals surface area (Å²) in [5, 5.41) is 2.27. The predicted molar refractivity (Wildman–Crippen MR) is 102 cm³/mol. The molecule has 0 radical (unpaired) electrons. The number of aliphatic imine (C=N–C) groups is 1. The third-order valence-corrected chi connectivity index (χ3v) is 5.12. The summed E-state index contributed by atoms with van der Waals surface area (Å²) < 4.78 is 286. The maximum Gasteiger partial charge on any atom is 0.460 e. The number of halogens is 21. The molecule has 0 fully saturated rings. The van der Waals surface area contributed by atoms with Crippen LogP contribution in [0, 0.1) is 0 Å². The Morgan fingerprint density at radius 2 is 0.884 bits per heavy atom. The monoisotopic (exact) mass is 690 g/mol. The molecule has 0 atom stereocenters. The number of rotatable bonds is 14. The third kappa shape index (κ3) is 6.46. The maximum atomic E-state index is 14.0. The molecule has 0 aliphatic heterocycles. The van der Waals surface area contributed by atoms with Gasteiger partial charge in [-0.1, -0.05) is 6.92 Å². The quantitative estimate of drug-likeness (QED) is 0.113. The zero-order valence-electron chi connectivity index (χ0n) is 21.2. The second-order valence-electron chi connectivity index (χ2n) is 8.88. The Morgan fingerprint density at radius 3 is 1.19 bits per heavy atom. The minimum Gasteiger partial charge on any atom is -0.465 e. The molecular formula is C19H19F21N2O. The Labute approximate surface area is 226 Å². The van der Waals surface area contributed by atoms with E-state index in [0.29, 0.717) is 0 Å². The molecule has 0 heterocycles. The van der Waals surface area contributed by atoms with E-state index in [1.54, 1.807) is 0 Å². The first kappa shape index (κ1) is 40.8. The van der Waals surface area contributed by atoms with E-state index in [2.05, 4.69) is 15.0 Å². The van der Waals surface area contributed by atoms with Gasteiger partial charge in [-0.15, -0.1) is 0 Å². The fourth-order valence-corrected chi connectivity index (χ4v) is 2.62. The molecule has 1 N–H and O–H groups in total. The van der Waals surface area contributed by atoms with Crippen molar-refractivity contribution in [1.82, 2.24) is 5.32 Å². The van der Waals surface area contributed by atoms with Gasteiger partial charge in [0.15, 0.2) is 0 Å². The summed E-state index contributed by atoms with van der Waals surface area (Å²) in [6, 6.07) is -1.37. The molecule has 258 valence electrons. The molecular weight excluding hydrogens is 671 g/mol. The molecule has 0 aliphatic carbocycles. The molecule has 0 rings (SSSR count). The van der Waals surface area contributed by atoms with Crippen molar-refractivity contribution in [2.45, 2.75) is 99.1 Å². The van der Waals surface area contributed by atoms with E-state index in [0.717, 1.165) is 0 Å². The number of hydrogen-bond donors (Lipinski definition) is 1. The molecule has 43 heavy (non-hydrogen) atoms. The zero-order valence-corrected chi connectivity index (χ0v) is 21.2. The number of amidine groups is 1. The second-order valence-corrected chi connectivity index (χ2v) is 8.88. The standard InChI is InChI=1S/C19H19F21N2O/c1-4-6-41-9(42-8(2)3)43-7-5-10(20,21)11(22,23)12(24,25)13(26,27)14(28,29)15(30,31)16(32,33)17(34,35)18(36,37)19(38,39)40/h8H,4-7H2,1-3H3,(H,41,42). The van der Waals surface area contributed by atoms with Crippen LogP contribution in [0.2, 0.25) is 0 Å². The van der Waals surface area contributed by atoms with Crippen molar-refractivity contribution in [1.29, 1.82) is 0 Å². The average Bonchev–Trinajstić information content (AvgIpc) is 2.80. The highest BCUT2D eigenvalue weighted by Crippen LogP contribution is 2.66. The lowest BCUT2D eigenvalue weighted by atomic mass is 9.86. The van der Waals surface area contributed by atoms with Crippen molar-refractivity contribution in [3.05, 3.63) is 0 Å². The molecule has 3 nitrogen and oxygen atoms in total. The minimum atomic E-state index is -9.19. The summed E-state index contributed by atoms with van der Waals surface area (Å²) in [4.78, 5) is 3.53. The van der Waals surface area contributed by atoms with Gasteiger partial charge in [0.05, 0.1) is 13.0 Å². The number of alkyl halides is 21. The SMILES string of the molecule is CCCN=C(NC(C)C)OCCC(F)(F)C(F)(F)C(F)(F)C(F)(F)C(F)(F)C(F)(F)C(F)(F)C(F)(F)C(F)(F)C(F)(F)F. The summed E-state index contributed by atoms with van der Waals surface area (Å²) >= 11 is 0. The molecule has 0 amide bonds. The van der Waals surface area contributed by atoms with Gasteiger partial charge in [-0.25, -0.2) is 4.99 Å². The Balaban J connectivity index is 6.65. The molecule has 0 aliphatic rings. The molecule has 0 saturated heterocycles. The Morgan fingerprint density at radius 1 is 0.558 bits per heavy atom. The van der Waals surface area contributed by atoms with Gasteiger partial charge in [-0.2, -0.15) is 92.2 Å². The van der Waals surface area contributed by atoms with E-state index in [1.807, 2.05) is 0 Å². The van der Waals surface area contributed by atoms with Crippen LogP contribution in [-0.4, -0.2) is 84.7 Å². The molecule has 0 saturated carbocycles. The maximum absolute atomic E-state index is 14.0. The number of nitrogens with one attached hydrogen (secondary N) is 1. The Bertz CT molecular complexity index is 970. The number of nitrogens with zero attached hydrogens (tertiary/aromatic N) is 1. The van der Waals surface area contributed by atoms with E-state index in [9.17, 15) is 92.2 Å². The summed E-state index contributed by atoms with van der Waals surface area (Å²) in [5.74, 6) is -77.1. The van der Waals surface area contributed by atoms with Crippen LogP contribution < -0.4 is 5.32 Å². The lowest BCUT2D eigenvalue weighted by molar-refractivity contribution is -0.474. The average molecular weight is 690 g/mol. The summed E-state index contributed by atoms with van der Waals surface area (Å²) in [7, 11) is 0. The van der Waals surface area contributed by atoms with Crippen molar-refractivity contribution in [2.24, 2.45) is 4.99 Å². The Hall–Kier alpha value is -2.20. The van der Waals surface area contributed by atoms with Gasteiger partial charge in [0.1, 0.15) is 0 Å². The summed E-state index contributed by atoms with van der Waals surface area (Å²) in [6.45, 7) is 2.17. The largest absolute Gasteiger partial charge is 0.465 e. The van der Waals surface area contributed by atoms with E-state index >= 15 is 0 Å². The molecule has 0 aromatic heterocycles. The smallest absolute Gasteiger partial charge is 0.460 e. The molecule has 0 aromatic carbocycles. The third-order valence-electron chi connectivity index (χ3n) is 5.12. The van der Waals surface area contributed by atoms with Crippen molar-refractivity contribution in [2.75, 3.05) is 13.2 Å². The van der Waals surface area contributed by atoms with Gasteiger partial charge in [-0.3, -0.25) is 0 Å². The van der Waals surface area contributed by atoms with Crippen LogP contribution in [0.4, 0.5) is 92.2 Å². The topological polar surface area (TPSA) is 33.6 Å². The fourth-order valence-electron chi connectivity index (χ4n) is 2.62. The molecule has 0 unspecified atom stereocenters. The predicted octanol–water partition coefficient (Wildman–Crippen LogP) is 8.44. The lowest BCUT2D eigenvalue weighted by Gasteiger charge is -2.44. The van der Waals surface area contributed by atoms with Gasteiger partial charge >= 0.3 is 59.5 Å². The van der Waals surface area contributed by atoms with Gasteiger partial charge in [0.2, 0.25) is 0 Å². The highest BCUT2D eigenvalue weighted by molar-refractivity contribution is 5.73. The van der Waals surface area contributed by atoms with Crippen LogP contribution in [0.15, 0.2) is 4.99 Å². The van der Waals surface area contributed by atoms with Crippen molar-refractivity contribution in [3.8, 4) is 0 Å². The van der Waals surface area contributed by atoms with E-state index in [4.69, 9.17) is 0 Å². The van der Waals surface area contributed by atoms with Crippen molar-refractivity contribution in [3.63, 3.8) is 0 Å². The van der Waals surface area contributed by atoms with Crippen molar-refractivity contribution >= 4 is 6.02 Å². The highest BCUT2D eigenvalue weighted by atomic mass is 19.4. The normalized spacial score (nSPS) is 16.2. The second kappa shape index (κ2) is 12.0. The van der Waals surface area contributed by atoms with Crippen LogP contribution in [-0.2, 0) is 4.74 Å². The molecule has 24 heteroatoms. The van der Waals surface area contributed by atoms with Crippen LogP contribution in [0.5, 0.6) is 0 Å². The first-order chi connectivity index (χ1) is 18.6. The summed E-state index contributed by atoms with van der Waals surface area (Å²) in [6.07, 6.45) is -10.6. The van der Waals surface area contributed by atoms with Gasteiger partial charge in [0.25, 0.3) is 6.02 Å². The fraction of sp³-hybridized carbons (Fsp3) is 0.947. The summed E-state index contributed by atoms with van der Waals surface area (Å²) in [5.41, 5.74) is 0. The highest BCUT2D eigenvalue weighted by Gasteiger charge is 2.97. The van der Waals surface area contributed by atoms with Crippen LogP contribution in [0.3, 0.4) is 0 Å². The zero-order chi connectivity index (χ0) is 35.1. The van der Waals surface area contributed by atoms with Gasteiger partial charge in [-0.05, 0) is 20.3 Å². The lowest BCUT2D eigenvalue weighted by Crippen LogP contribution is -2.76. The van der Waals surface area contributed by atoms with Gasteiger partial charge in [0, 0.05) is 12.6 Å². The first-order valence-corrected chi connectivity index (χ1v) is 11.0. The first-order valence-electron chi connectivity index (χ1n) is 11.0. The van der Waals surface area contributed by atoms with Crippen molar-refractivity contribution < 1.29 is 96.9 Å². The van der Waals surface area contributed by atoms with Crippen LogP contribution >= 0.6 is 0 Å². The molecule has 0 aromatic rings. The number of ether oxygens (including phenoxy) is 1. The van der Waals surface area contributed by atoms with E-state index < -0.39 is 84.6 Å². The van der Waals surface area contributed by atoms with Gasteiger partial charge < -0.3 is 10.1 Å². The van der Waals surface area contributed by atoms with Crippen LogP contribution in [0.25, 0.3) is 0 Å². The molecule has 0 spiro atoms. The van der Waals surface area contributed by atoms with E-state index in [1.165, 1.54) is 20.8 Å². The molecule has 0 bridgehead atoms. The Kier molecular flexibility index (Phi) is 11.3. The number of hydrogen-bond acceptors (Lipinski definition) is 2. The van der Waals surface area contributed by atoms with Crippen LogP contribution in [0.1, 0.15) is 33.6 Å². The van der Waals surface area contributed by atoms with E-state index in [-0.39, 0.29) is 13.0 Å². The minimum absolute atomic E-state index is 0.145.